The number of benzene rings is 1. The Morgan fingerprint density at radius 2 is 1.76 bits per heavy atom. The minimum atomic E-state index is 0. The maximum absolute atomic E-state index is 5.59. The summed E-state index contributed by atoms with van der Waals surface area (Å²) < 4.78 is 16.4. The number of halogens is 1. The molecule has 1 aromatic rings. The maximum atomic E-state index is 5.59. The molecule has 29 heavy (non-hydrogen) atoms. The molecule has 0 radical (unpaired) electrons. The summed E-state index contributed by atoms with van der Waals surface area (Å²) in [5.41, 5.74) is 1.15. The number of hydrogen-bond donors (Lipinski definition) is 2. The molecular weight excluding hydrogens is 483 g/mol. The second-order valence-corrected chi connectivity index (χ2v) is 6.79. The molecule has 0 saturated heterocycles. The lowest BCUT2D eigenvalue weighted by Gasteiger charge is -2.26. The molecule has 0 aliphatic heterocycles. The number of unbranched alkanes of at least 4 members (excludes halogenated alkanes) is 1. The molecule has 7 nitrogen and oxygen atoms in total. The average molecular weight is 522 g/mol. The Morgan fingerprint density at radius 1 is 1.07 bits per heavy atom. The van der Waals surface area contributed by atoms with E-state index < -0.39 is 0 Å². The molecule has 0 bridgehead atoms. The molecule has 0 fully saturated rings. The summed E-state index contributed by atoms with van der Waals surface area (Å²) in [7, 11) is 9.21. The Bertz CT molecular complexity index is 585. The first-order chi connectivity index (χ1) is 13.6. The predicted molar refractivity (Wildman–Crippen MR) is 131 cm³/mol. The van der Waals surface area contributed by atoms with E-state index >= 15 is 0 Å². The molecule has 0 aliphatic rings. The van der Waals surface area contributed by atoms with Crippen LogP contribution in [0.2, 0.25) is 0 Å². The van der Waals surface area contributed by atoms with Gasteiger partial charge in [0.25, 0.3) is 0 Å². The Balaban J connectivity index is 0.00000784. The van der Waals surface area contributed by atoms with Crippen molar-refractivity contribution in [1.82, 2.24) is 15.5 Å². The van der Waals surface area contributed by atoms with Gasteiger partial charge >= 0.3 is 0 Å². The van der Waals surface area contributed by atoms with Gasteiger partial charge in [0.05, 0.1) is 20.3 Å². The smallest absolute Gasteiger partial charge is 0.191 e. The number of ether oxygens (including phenoxy) is 3. The van der Waals surface area contributed by atoms with Crippen LogP contribution in [0.1, 0.15) is 37.8 Å². The van der Waals surface area contributed by atoms with Gasteiger partial charge in [-0.05, 0) is 44.6 Å². The van der Waals surface area contributed by atoms with Crippen LogP contribution in [0.3, 0.4) is 0 Å². The van der Waals surface area contributed by atoms with E-state index in [1.165, 1.54) is 6.42 Å². The van der Waals surface area contributed by atoms with Gasteiger partial charge in [0, 0.05) is 33.4 Å². The van der Waals surface area contributed by atoms with Gasteiger partial charge in [-0.15, -0.1) is 24.0 Å². The fourth-order valence-electron chi connectivity index (χ4n) is 2.80. The van der Waals surface area contributed by atoms with Gasteiger partial charge in [0.2, 0.25) is 0 Å². The molecule has 0 spiro atoms. The number of likely N-dealkylation sites (N-methyl/N-ethyl adjacent to an activating group) is 1. The normalized spacial score (nSPS) is 12.3. The maximum Gasteiger partial charge on any atom is 0.191 e. The van der Waals surface area contributed by atoms with Crippen molar-refractivity contribution in [3.05, 3.63) is 23.8 Å². The van der Waals surface area contributed by atoms with Gasteiger partial charge in [0.15, 0.2) is 17.5 Å². The fraction of sp³-hybridized carbons (Fsp3) is 0.667. The number of guanidine groups is 1. The van der Waals surface area contributed by atoms with Crippen LogP contribution in [-0.4, -0.2) is 72.5 Å². The number of hydrogen-bond acceptors (Lipinski definition) is 5. The zero-order valence-corrected chi connectivity index (χ0v) is 21.1. The zero-order chi connectivity index (χ0) is 20.8. The van der Waals surface area contributed by atoms with Gasteiger partial charge in [-0.25, -0.2) is 0 Å². The van der Waals surface area contributed by atoms with Gasteiger partial charge < -0.3 is 29.7 Å². The summed E-state index contributed by atoms with van der Waals surface area (Å²) in [4.78, 5) is 6.48. The molecular formula is C21H39IN4O3. The van der Waals surface area contributed by atoms with Crippen LogP contribution in [0.4, 0.5) is 0 Å². The van der Waals surface area contributed by atoms with Crippen molar-refractivity contribution < 1.29 is 14.2 Å². The fourth-order valence-corrected chi connectivity index (χ4v) is 2.80. The third-order valence-corrected chi connectivity index (χ3v) is 4.50. The van der Waals surface area contributed by atoms with Crippen molar-refractivity contribution >= 4 is 29.9 Å². The highest BCUT2D eigenvalue weighted by molar-refractivity contribution is 14.0. The van der Waals surface area contributed by atoms with E-state index in [1.807, 2.05) is 12.1 Å². The molecule has 0 aromatic heterocycles. The molecule has 0 amide bonds. The topological polar surface area (TPSA) is 67.3 Å². The molecule has 1 aromatic carbocycles. The molecule has 1 atom stereocenters. The van der Waals surface area contributed by atoms with Crippen molar-refractivity contribution in [3.63, 3.8) is 0 Å². The Morgan fingerprint density at radius 3 is 2.34 bits per heavy atom. The monoisotopic (exact) mass is 522 g/mol. The molecule has 1 unspecified atom stereocenters. The van der Waals surface area contributed by atoms with Crippen molar-refractivity contribution in [2.75, 3.05) is 61.7 Å². The molecule has 0 aliphatic carbocycles. The van der Waals surface area contributed by atoms with E-state index in [1.54, 1.807) is 21.3 Å². The minimum absolute atomic E-state index is 0. The van der Waals surface area contributed by atoms with E-state index in [9.17, 15) is 0 Å². The first-order valence-corrected chi connectivity index (χ1v) is 9.97. The van der Waals surface area contributed by atoms with Crippen LogP contribution in [0.5, 0.6) is 11.5 Å². The molecule has 2 N–H and O–H groups in total. The SMILES string of the molecule is CCCCOCCCNC(=NC)NCC(c1ccc(OC)c(OC)c1)N(C)C.I. The number of aliphatic imine (C=N–C) groups is 1. The van der Waals surface area contributed by atoms with Crippen LogP contribution < -0.4 is 20.1 Å². The highest BCUT2D eigenvalue weighted by atomic mass is 127. The quantitative estimate of drug-likeness (QED) is 0.180. The average Bonchev–Trinajstić information content (AvgIpc) is 2.71. The Hall–Kier alpha value is -1.26. The van der Waals surface area contributed by atoms with E-state index in [2.05, 4.69) is 47.6 Å². The van der Waals surface area contributed by atoms with E-state index in [4.69, 9.17) is 14.2 Å². The highest BCUT2D eigenvalue weighted by Crippen LogP contribution is 2.31. The van der Waals surface area contributed by atoms with Crippen molar-refractivity contribution in [2.24, 2.45) is 4.99 Å². The van der Waals surface area contributed by atoms with Gasteiger partial charge in [0.1, 0.15) is 0 Å². The summed E-state index contributed by atoms with van der Waals surface area (Å²) in [5, 5.41) is 6.75. The van der Waals surface area contributed by atoms with Gasteiger partial charge in [-0.2, -0.15) is 0 Å². The predicted octanol–water partition coefficient (Wildman–Crippen LogP) is 3.30. The molecule has 168 valence electrons. The van der Waals surface area contributed by atoms with E-state index in [-0.39, 0.29) is 30.0 Å². The molecule has 8 heteroatoms. The summed E-state index contributed by atoms with van der Waals surface area (Å²) in [6.07, 6.45) is 3.25. The van der Waals surface area contributed by atoms with Crippen LogP contribution in [-0.2, 0) is 4.74 Å². The Kier molecular flexibility index (Phi) is 15.8. The largest absolute Gasteiger partial charge is 0.493 e. The van der Waals surface area contributed by atoms with E-state index in [0.29, 0.717) is 0 Å². The van der Waals surface area contributed by atoms with Gasteiger partial charge in [-0.1, -0.05) is 19.4 Å². The standard InChI is InChI=1S/C21H38N4O3.HI/c1-7-8-13-28-14-9-12-23-21(22-2)24-16-18(25(3)4)17-10-11-19(26-5)20(15-17)27-6;/h10-11,15,18H,7-9,12-14,16H2,1-6H3,(H2,22,23,24);1H. The number of methoxy groups -OCH3 is 2. The summed E-state index contributed by atoms with van der Waals surface area (Å²) >= 11 is 0. The van der Waals surface area contributed by atoms with Crippen molar-refractivity contribution in [1.29, 1.82) is 0 Å². The van der Waals surface area contributed by atoms with Crippen LogP contribution in [0, 0.1) is 0 Å². The van der Waals surface area contributed by atoms with Crippen LogP contribution in [0.25, 0.3) is 0 Å². The van der Waals surface area contributed by atoms with Gasteiger partial charge in [-0.3, -0.25) is 4.99 Å². The minimum Gasteiger partial charge on any atom is -0.493 e. The first kappa shape index (κ1) is 27.7. The highest BCUT2D eigenvalue weighted by Gasteiger charge is 2.17. The second-order valence-electron chi connectivity index (χ2n) is 6.79. The zero-order valence-electron chi connectivity index (χ0n) is 18.8. The molecule has 0 saturated carbocycles. The van der Waals surface area contributed by atoms with Crippen LogP contribution >= 0.6 is 24.0 Å². The summed E-state index contributed by atoms with van der Waals surface area (Å²) in [6.45, 7) is 5.34. The Labute approximate surface area is 193 Å². The molecule has 0 heterocycles. The van der Waals surface area contributed by atoms with Crippen molar-refractivity contribution in [3.8, 4) is 11.5 Å². The first-order valence-electron chi connectivity index (χ1n) is 9.97. The van der Waals surface area contributed by atoms with Crippen LogP contribution in [0.15, 0.2) is 23.2 Å². The lowest BCUT2D eigenvalue weighted by atomic mass is 10.1. The lowest BCUT2D eigenvalue weighted by Crippen LogP contribution is -2.42. The summed E-state index contributed by atoms with van der Waals surface area (Å²) in [6, 6.07) is 6.19. The number of rotatable bonds is 13. The molecule has 1 rings (SSSR count). The third kappa shape index (κ3) is 10.4. The third-order valence-electron chi connectivity index (χ3n) is 4.50. The second kappa shape index (κ2) is 16.5. The number of nitrogens with one attached hydrogen (secondary N) is 2. The lowest BCUT2D eigenvalue weighted by molar-refractivity contribution is 0.129. The number of nitrogens with zero attached hydrogens (tertiary/aromatic N) is 2. The van der Waals surface area contributed by atoms with Crippen molar-refractivity contribution in [2.45, 2.75) is 32.2 Å². The summed E-state index contributed by atoms with van der Waals surface area (Å²) in [5.74, 6) is 2.26. The van der Waals surface area contributed by atoms with E-state index in [0.717, 1.165) is 62.2 Å².